The highest BCUT2D eigenvalue weighted by molar-refractivity contribution is 5.75. The average Bonchev–Trinajstić information content (AvgIpc) is 2.31. The van der Waals surface area contributed by atoms with Crippen molar-refractivity contribution in [3.8, 4) is 0 Å². The summed E-state index contributed by atoms with van der Waals surface area (Å²) in [6, 6.07) is 0. The Bertz CT molecular complexity index is 254. The maximum Gasteiger partial charge on any atom is 0.311 e. The summed E-state index contributed by atoms with van der Waals surface area (Å²) in [5.41, 5.74) is -0.369. The van der Waals surface area contributed by atoms with Crippen molar-refractivity contribution in [2.24, 2.45) is 5.41 Å². The molecular weight excluding hydrogens is 216 g/mol. The first kappa shape index (κ1) is 15.9. The smallest absolute Gasteiger partial charge is 0.311 e. The largest absolute Gasteiger partial charge is 0.469 e. The van der Waals surface area contributed by atoms with E-state index in [0.717, 1.165) is 44.8 Å². The first-order valence-electron chi connectivity index (χ1n) is 6.23. The van der Waals surface area contributed by atoms with Crippen LogP contribution in [0.2, 0.25) is 0 Å². The summed E-state index contributed by atoms with van der Waals surface area (Å²) in [6.07, 6.45) is 10.5. The quantitative estimate of drug-likeness (QED) is 0.269. The zero-order chi connectivity index (χ0) is 13.1. The van der Waals surface area contributed by atoms with Gasteiger partial charge in [0.25, 0.3) is 0 Å². The molecule has 0 saturated carbocycles. The fraction of sp³-hybridized carbons (Fsp3) is 0.714. The van der Waals surface area contributed by atoms with Gasteiger partial charge in [0.1, 0.15) is 6.29 Å². The van der Waals surface area contributed by atoms with Gasteiger partial charge >= 0.3 is 5.97 Å². The van der Waals surface area contributed by atoms with Crippen molar-refractivity contribution in [1.29, 1.82) is 0 Å². The zero-order valence-corrected chi connectivity index (χ0v) is 11.2. The molecule has 0 fully saturated rings. The Kier molecular flexibility index (Phi) is 8.38. The summed E-state index contributed by atoms with van der Waals surface area (Å²) >= 11 is 0. The van der Waals surface area contributed by atoms with Gasteiger partial charge in [-0.3, -0.25) is 9.59 Å². The zero-order valence-electron chi connectivity index (χ0n) is 11.2. The highest BCUT2D eigenvalue weighted by Gasteiger charge is 2.27. The van der Waals surface area contributed by atoms with Gasteiger partial charge in [-0.1, -0.05) is 25.3 Å². The molecule has 0 rings (SSSR count). The first-order chi connectivity index (χ1) is 8.04. The molecule has 0 aliphatic rings. The molecule has 0 N–H and O–H groups in total. The van der Waals surface area contributed by atoms with Crippen LogP contribution in [0.5, 0.6) is 0 Å². The Morgan fingerprint density at radius 1 is 1.18 bits per heavy atom. The molecule has 0 radical (unpaired) electrons. The molecular formula is C14H24O3. The summed E-state index contributed by atoms with van der Waals surface area (Å²) in [5, 5.41) is 0. The second-order valence-electron chi connectivity index (χ2n) is 4.89. The predicted octanol–water partition coefficient (Wildman–Crippen LogP) is 3.28. The van der Waals surface area contributed by atoms with Crippen molar-refractivity contribution < 1.29 is 14.3 Å². The third-order valence-electron chi connectivity index (χ3n) is 2.88. The van der Waals surface area contributed by atoms with Gasteiger partial charge in [0.2, 0.25) is 0 Å². The molecule has 0 aliphatic carbocycles. The van der Waals surface area contributed by atoms with E-state index in [1.165, 1.54) is 7.11 Å². The van der Waals surface area contributed by atoms with E-state index in [-0.39, 0.29) is 11.4 Å². The molecule has 0 unspecified atom stereocenters. The lowest BCUT2D eigenvalue weighted by atomic mass is 9.87. The van der Waals surface area contributed by atoms with E-state index < -0.39 is 0 Å². The summed E-state index contributed by atoms with van der Waals surface area (Å²) in [6.45, 7) is 3.84. The maximum absolute atomic E-state index is 11.4. The van der Waals surface area contributed by atoms with Crippen LogP contribution in [-0.2, 0) is 14.3 Å². The highest BCUT2D eigenvalue weighted by Crippen LogP contribution is 2.25. The number of hydrogen-bond donors (Lipinski definition) is 0. The summed E-state index contributed by atoms with van der Waals surface area (Å²) in [5.74, 6) is -0.133. The lowest BCUT2D eigenvalue weighted by Gasteiger charge is -2.20. The number of carbonyl (C=O) groups is 2. The van der Waals surface area contributed by atoms with Crippen molar-refractivity contribution in [2.75, 3.05) is 7.11 Å². The van der Waals surface area contributed by atoms with E-state index in [2.05, 4.69) is 0 Å². The third kappa shape index (κ3) is 7.72. The monoisotopic (exact) mass is 240 g/mol. The number of aldehydes is 1. The van der Waals surface area contributed by atoms with Crippen LogP contribution in [0.15, 0.2) is 12.2 Å². The van der Waals surface area contributed by atoms with Gasteiger partial charge in [0.05, 0.1) is 12.5 Å². The fourth-order valence-corrected chi connectivity index (χ4v) is 1.71. The predicted molar refractivity (Wildman–Crippen MR) is 68.7 cm³/mol. The van der Waals surface area contributed by atoms with Crippen LogP contribution in [0.25, 0.3) is 0 Å². The van der Waals surface area contributed by atoms with Gasteiger partial charge < -0.3 is 4.74 Å². The number of ether oxygens (including phenoxy) is 1. The number of unbranched alkanes of at least 4 members (excludes halogenated alkanes) is 4. The normalized spacial score (nSPS) is 11.7. The summed E-state index contributed by atoms with van der Waals surface area (Å²) in [7, 11) is 1.43. The molecule has 0 amide bonds. The van der Waals surface area contributed by atoms with Crippen LogP contribution in [-0.4, -0.2) is 19.4 Å². The first-order valence-corrected chi connectivity index (χ1v) is 6.23. The van der Waals surface area contributed by atoms with Gasteiger partial charge in [-0.25, -0.2) is 0 Å². The van der Waals surface area contributed by atoms with E-state index >= 15 is 0 Å². The van der Waals surface area contributed by atoms with Gasteiger partial charge in [-0.2, -0.15) is 0 Å². The molecule has 0 aromatic rings. The number of carbonyl (C=O) groups excluding carboxylic acids is 2. The van der Waals surface area contributed by atoms with Crippen LogP contribution in [0, 0.1) is 5.41 Å². The van der Waals surface area contributed by atoms with Crippen molar-refractivity contribution in [3.05, 3.63) is 12.2 Å². The molecule has 0 aliphatic heterocycles. The van der Waals surface area contributed by atoms with Crippen LogP contribution in [0.4, 0.5) is 0 Å². The number of hydrogen-bond acceptors (Lipinski definition) is 3. The lowest BCUT2D eigenvalue weighted by molar-refractivity contribution is -0.151. The second-order valence-corrected chi connectivity index (χ2v) is 4.89. The van der Waals surface area contributed by atoms with E-state index in [0.29, 0.717) is 0 Å². The van der Waals surface area contributed by atoms with Gasteiger partial charge in [0, 0.05) is 0 Å². The number of allylic oxidation sites excluding steroid dienone is 2. The molecule has 3 nitrogen and oxygen atoms in total. The molecule has 17 heavy (non-hydrogen) atoms. The van der Waals surface area contributed by atoms with E-state index in [4.69, 9.17) is 4.74 Å². The highest BCUT2D eigenvalue weighted by atomic mass is 16.5. The summed E-state index contributed by atoms with van der Waals surface area (Å²) in [4.78, 5) is 21.4. The summed E-state index contributed by atoms with van der Waals surface area (Å²) < 4.78 is 4.76. The molecule has 0 saturated heterocycles. The Balaban J connectivity index is 3.54. The molecule has 0 aromatic carbocycles. The molecule has 0 spiro atoms. The topological polar surface area (TPSA) is 43.4 Å². The second kappa shape index (κ2) is 8.97. The minimum absolute atomic E-state index is 0.133. The van der Waals surface area contributed by atoms with E-state index in [1.807, 2.05) is 19.9 Å². The minimum atomic E-state index is -0.369. The Labute approximate surface area is 104 Å². The Morgan fingerprint density at radius 2 is 1.82 bits per heavy atom. The lowest BCUT2D eigenvalue weighted by Crippen LogP contribution is -2.25. The molecule has 3 heteroatoms. The van der Waals surface area contributed by atoms with Crippen molar-refractivity contribution in [1.82, 2.24) is 0 Å². The minimum Gasteiger partial charge on any atom is -0.469 e. The fourth-order valence-electron chi connectivity index (χ4n) is 1.71. The average molecular weight is 240 g/mol. The molecule has 0 heterocycles. The van der Waals surface area contributed by atoms with Gasteiger partial charge in [-0.05, 0) is 39.2 Å². The molecule has 0 aromatic heterocycles. The Morgan fingerprint density at radius 3 is 2.41 bits per heavy atom. The van der Waals surface area contributed by atoms with Gasteiger partial charge in [-0.15, -0.1) is 0 Å². The third-order valence-corrected chi connectivity index (χ3v) is 2.88. The van der Waals surface area contributed by atoms with Crippen molar-refractivity contribution in [3.63, 3.8) is 0 Å². The van der Waals surface area contributed by atoms with Crippen molar-refractivity contribution >= 4 is 12.3 Å². The van der Waals surface area contributed by atoms with Crippen LogP contribution < -0.4 is 0 Å². The van der Waals surface area contributed by atoms with Crippen LogP contribution in [0.1, 0.15) is 52.4 Å². The van der Waals surface area contributed by atoms with Gasteiger partial charge in [0.15, 0.2) is 0 Å². The standard InChI is InChI=1S/C14H24O3/c1-14(2,13(16)17-3)11-9-7-5-4-6-8-10-12-15/h8,10,12H,4-7,9,11H2,1-3H3/b10-8+. The Hall–Kier alpha value is -1.12. The van der Waals surface area contributed by atoms with E-state index in [9.17, 15) is 9.59 Å². The molecule has 0 bridgehead atoms. The van der Waals surface area contributed by atoms with Crippen LogP contribution >= 0.6 is 0 Å². The van der Waals surface area contributed by atoms with Crippen molar-refractivity contribution in [2.45, 2.75) is 52.4 Å². The molecule has 0 atom stereocenters. The number of rotatable bonds is 9. The number of esters is 1. The SMILES string of the molecule is COC(=O)C(C)(C)CCCCCC/C=C/C=O. The molecule has 98 valence electrons. The number of methoxy groups -OCH3 is 1. The maximum atomic E-state index is 11.4. The van der Waals surface area contributed by atoms with E-state index in [1.54, 1.807) is 6.08 Å². The van der Waals surface area contributed by atoms with Crippen LogP contribution in [0.3, 0.4) is 0 Å².